The van der Waals surface area contributed by atoms with Crippen LogP contribution in [0.15, 0.2) is 0 Å². The van der Waals surface area contributed by atoms with Gasteiger partial charge in [0.15, 0.2) is 0 Å². The molecule has 1 aliphatic rings. The lowest BCUT2D eigenvalue weighted by Crippen LogP contribution is -2.58. The summed E-state index contributed by atoms with van der Waals surface area (Å²) >= 11 is 0. The Hall–Kier alpha value is -0.290. The van der Waals surface area contributed by atoms with Gasteiger partial charge in [0.2, 0.25) is 0 Å². The van der Waals surface area contributed by atoms with Crippen LogP contribution in [-0.2, 0) is 0 Å². The van der Waals surface area contributed by atoms with Crippen molar-refractivity contribution in [1.82, 2.24) is 4.90 Å². The van der Waals surface area contributed by atoms with Gasteiger partial charge < -0.3 is 5.73 Å². The Morgan fingerprint density at radius 2 is 2.06 bits per heavy atom. The second-order valence-corrected chi connectivity index (χ2v) is 4.80. The summed E-state index contributed by atoms with van der Waals surface area (Å²) in [5, 5.41) is 0. The molecule has 0 aromatic heterocycles. The van der Waals surface area contributed by atoms with Crippen LogP contribution < -0.4 is 5.73 Å². The SMILES string of the molecule is CCC(N)C(N1CCCC(C)C1)C(F)(F)F. The lowest BCUT2D eigenvalue weighted by atomic mass is 9.95. The van der Waals surface area contributed by atoms with Gasteiger partial charge in [0, 0.05) is 12.6 Å². The van der Waals surface area contributed by atoms with Gasteiger partial charge in [-0.2, -0.15) is 13.2 Å². The zero-order valence-corrected chi connectivity index (χ0v) is 9.93. The van der Waals surface area contributed by atoms with Crippen LogP contribution in [0.25, 0.3) is 0 Å². The summed E-state index contributed by atoms with van der Waals surface area (Å²) in [6.45, 7) is 4.73. The second kappa shape index (κ2) is 5.36. The summed E-state index contributed by atoms with van der Waals surface area (Å²) in [5.41, 5.74) is 5.62. The van der Waals surface area contributed by atoms with Crippen molar-refractivity contribution in [3.05, 3.63) is 0 Å². The average molecular weight is 238 g/mol. The third-order valence-corrected chi connectivity index (χ3v) is 3.29. The van der Waals surface area contributed by atoms with Crippen molar-refractivity contribution in [2.24, 2.45) is 11.7 Å². The number of hydrogen-bond donors (Lipinski definition) is 1. The van der Waals surface area contributed by atoms with Gasteiger partial charge in [0.1, 0.15) is 6.04 Å². The van der Waals surface area contributed by atoms with Gasteiger partial charge in [-0.3, -0.25) is 4.90 Å². The Labute approximate surface area is 95.0 Å². The first-order valence-electron chi connectivity index (χ1n) is 5.92. The fourth-order valence-corrected chi connectivity index (χ4v) is 2.42. The summed E-state index contributed by atoms with van der Waals surface area (Å²) < 4.78 is 38.8. The topological polar surface area (TPSA) is 29.3 Å². The van der Waals surface area contributed by atoms with E-state index in [9.17, 15) is 13.2 Å². The highest BCUT2D eigenvalue weighted by Crippen LogP contribution is 2.30. The van der Waals surface area contributed by atoms with Crippen LogP contribution >= 0.6 is 0 Å². The molecule has 1 aliphatic heterocycles. The van der Waals surface area contributed by atoms with E-state index in [0.29, 0.717) is 25.4 Å². The molecule has 2 nitrogen and oxygen atoms in total. The third kappa shape index (κ3) is 3.35. The van der Waals surface area contributed by atoms with Gasteiger partial charge in [-0.1, -0.05) is 13.8 Å². The van der Waals surface area contributed by atoms with Gasteiger partial charge in [-0.25, -0.2) is 0 Å². The summed E-state index contributed by atoms with van der Waals surface area (Å²) in [5.74, 6) is 0.336. The van der Waals surface area contributed by atoms with Gasteiger partial charge >= 0.3 is 6.18 Å². The van der Waals surface area contributed by atoms with Crippen LogP contribution in [0.4, 0.5) is 13.2 Å². The van der Waals surface area contributed by atoms with Crippen molar-refractivity contribution in [3.8, 4) is 0 Å². The number of halogens is 3. The fourth-order valence-electron chi connectivity index (χ4n) is 2.42. The molecule has 0 bridgehead atoms. The molecule has 1 heterocycles. The minimum Gasteiger partial charge on any atom is -0.326 e. The van der Waals surface area contributed by atoms with E-state index >= 15 is 0 Å². The molecule has 0 aliphatic carbocycles. The van der Waals surface area contributed by atoms with Crippen molar-refractivity contribution in [2.75, 3.05) is 13.1 Å². The number of rotatable bonds is 3. The molecule has 3 unspecified atom stereocenters. The van der Waals surface area contributed by atoms with Crippen molar-refractivity contribution in [1.29, 1.82) is 0 Å². The maximum Gasteiger partial charge on any atom is 0.405 e. The number of likely N-dealkylation sites (tertiary alicyclic amines) is 1. The van der Waals surface area contributed by atoms with E-state index in [2.05, 4.69) is 0 Å². The summed E-state index contributed by atoms with van der Waals surface area (Å²) in [7, 11) is 0. The Morgan fingerprint density at radius 3 is 2.50 bits per heavy atom. The molecule has 0 spiro atoms. The number of alkyl halides is 3. The smallest absolute Gasteiger partial charge is 0.326 e. The normalized spacial score (nSPS) is 27.8. The monoisotopic (exact) mass is 238 g/mol. The minimum atomic E-state index is -4.22. The molecular weight excluding hydrogens is 217 g/mol. The van der Waals surface area contributed by atoms with Gasteiger partial charge in [-0.05, 0) is 31.7 Å². The number of nitrogens with two attached hydrogens (primary N) is 1. The van der Waals surface area contributed by atoms with E-state index < -0.39 is 18.3 Å². The molecule has 2 N–H and O–H groups in total. The number of hydrogen-bond acceptors (Lipinski definition) is 2. The standard InChI is InChI=1S/C11H21F3N2/c1-3-9(15)10(11(12,13)14)16-6-4-5-8(2)7-16/h8-10H,3-7,15H2,1-2H3. The molecule has 0 amide bonds. The predicted octanol–water partition coefficient (Wildman–Crippen LogP) is 2.39. The van der Waals surface area contributed by atoms with Crippen LogP contribution in [0.5, 0.6) is 0 Å². The lowest BCUT2D eigenvalue weighted by molar-refractivity contribution is -0.193. The first-order chi connectivity index (χ1) is 7.36. The molecular formula is C11H21F3N2. The Balaban J connectivity index is 2.75. The quantitative estimate of drug-likeness (QED) is 0.818. The molecule has 3 atom stereocenters. The summed E-state index contributed by atoms with van der Waals surface area (Å²) in [6, 6.07) is -2.29. The maximum atomic E-state index is 12.9. The molecule has 0 aromatic rings. The molecule has 0 radical (unpaired) electrons. The van der Waals surface area contributed by atoms with Crippen molar-refractivity contribution in [2.45, 2.75) is 51.4 Å². The lowest BCUT2D eigenvalue weighted by Gasteiger charge is -2.40. The highest BCUT2D eigenvalue weighted by atomic mass is 19.4. The van der Waals surface area contributed by atoms with E-state index in [0.717, 1.165) is 12.8 Å². The van der Waals surface area contributed by atoms with Gasteiger partial charge in [0.25, 0.3) is 0 Å². The van der Waals surface area contributed by atoms with Crippen LogP contribution in [0.1, 0.15) is 33.1 Å². The van der Waals surface area contributed by atoms with Crippen molar-refractivity contribution >= 4 is 0 Å². The zero-order valence-electron chi connectivity index (χ0n) is 9.93. The minimum absolute atomic E-state index is 0.336. The molecule has 96 valence electrons. The molecule has 5 heteroatoms. The van der Waals surface area contributed by atoms with E-state index in [4.69, 9.17) is 5.73 Å². The highest BCUT2D eigenvalue weighted by molar-refractivity contribution is 4.89. The van der Waals surface area contributed by atoms with Gasteiger partial charge in [0.05, 0.1) is 0 Å². The molecule has 1 fully saturated rings. The van der Waals surface area contributed by atoms with Crippen LogP contribution in [-0.4, -0.2) is 36.2 Å². The zero-order chi connectivity index (χ0) is 12.3. The summed E-state index contributed by atoms with van der Waals surface area (Å²) in [4.78, 5) is 1.52. The average Bonchev–Trinajstić information content (AvgIpc) is 2.15. The van der Waals surface area contributed by atoms with Crippen molar-refractivity contribution < 1.29 is 13.2 Å². The van der Waals surface area contributed by atoms with Crippen LogP contribution in [0.3, 0.4) is 0 Å². The maximum absolute atomic E-state index is 12.9. The Morgan fingerprint density at radius 1 is 1.44 bits per heavy atom. The third-order valence-electron chi connectivity index (χ3n) is 3.29. The predicted molar refractivity (Wildman–Crippen MR) is 58.1 cm³/mol. The molecule has 1 saturated heterocycles. The Bertz CT molecular complexity index is 218. The fraction of sp³-hybridized carbons (Fsp3) is 1.00. The van der Waals surface area contributed by atoms with E-state index in [-0.39, 0.29) is 0 Å². The second-order valence-electron chi connectivity index (χ2n) is 4.80. The molecule has 0 saturated carbocycles. The van der Waals surface area contributed by atoms with E-state index in [1.807, 2.05) is 6.92 Å². The van der Waals surface area contributed by atoms with Crippen molar-refractivity contribution in [3.63, 3.8) is 0 Å². The summed E-state index contributed by atoms with van der Waals surface area (Å²) in [6.07, 6.45) is -2.01. The van der Waals surface area contributed by atoms with Gasteiger partial charge in [-0.15, -0.1) is 0 Å². The van der Waals surface area contributed by atoms with Crippen LogP contribution in [0, 0.1) is 5.92 Å². The van der Waals surface area contributed by atoms with E-state index in [1.54, 1.807) is 6.92 Å². The first-order valence-corrected chi connectivity index (χ1v) is 5.92. The molecule has 0 aromatic carbocycles. The largest absolute Gasteiger partial charge is 0.405 e. The molecule has 16 heavy (non-hydrogen) atoms. The number of nitrogens with zero attached hydrogens (tertiary/aromatic N) is 1. The Kier molecular flexibility index (Phi) is 4.62. The highest BCUT2D eigenvalue weighted by Gasteiger charge is 2.47. The number of piperidine rings is 1. The van der Waals surface area contributed by atoms with E-state index in [1.165, 1.54) is 4.90 Å². The first kappa shape index (κ1) is 13.8. The molecule has 1 rings (SSSR count). The van der Waals surface area contributed by atoms with Crippen LogP contribution in [0.2, 0.25) is 0 Å².